The Morgan fingerprint density at radius 3 is 2.42 bits per heavy atom. The largest absolute Gasteiger partial charge is 0.493 e. The first kappa shape index (κ1) is 14.8. The molecule has 1 aliphatic rings. The van der Waals surface area contributed by atoms with Gasteiger partial charge in [0, 0.05) is 17.7 Å². The third-order valence-corrected chi connectivity index (χ3v) is 4.59. The van der Waals surface area contributed by atoms with Crippen molar-refractivity contribution < 1.29 is 14.2 Å². The van der Waals surface area contributed by atoms with Gasteiger partial charge in [-0.05, 0) is 31.4 Å². The molecular formula is C14H18Cl2O3. The molecule has 2 unspecified atom stereocenters. The van der Waals surface area contributed by atoms with Gasteiger partial charge < -0.3 is 14.2 Å². The Hall–Kier alpha value is -0.640. The molecule has 5 heteroatoms. The summed E-state index contributed by atoms with van der Waals surface area (Å²) in [5, 5.41) is 0.247. The van der Waals surface area contributed by atoms with Crippen molar-refractivity contribution in [3.63, 3.8) is 0 Å². The van der Waals surface area contributed by atoms with E-state index in [9.17, 15) is 0 Å². The Kier molecular flexibility index (Phi) is 4.49. The van der Waals surface area contributed by atoms with Crippen molar-refractivity contribution in [3.05, 3.63) is 22.7 Å². The Morgan fingerprint density at radius 1 is 1.26 bits per heavy atom. The molecule has 1 heterocycles. The summed E-state index contributed by atoms with van der Waals surface area (Å²) >= 11 is 12.9. The van der Waals surface area contributed by atoms with Crippen molar-refractivity contribution >= 4 is 23.2 Å². The van der Waals surface area contributed by atoms with E-state index < -0.39 is 0 Å². The Labute approximate surface area is 123 Å². The van der Waals surface area contributed by atoms with Crippen molar-refractivity contribution in [1.29, 1.82) is 0 Å². The van der Waals surface area contributed by atoms with E-state index in [2.05, 4.69) is 0 Å². The second-order valence-electron chi connectivity index (χ2n) is 4.86. The second-order valence-corrected chi connectivity index (χ2v) is 5.70. The van der Waals surface area contributed by atoms with Crippen LogP contribution in [-0.2, 0) is 4.74 Å². The van der Waals surface area contributed by atoms with Gasteiger partial charge >= 0.3 is 0 Å². The third-order valence-electron chi connectivity index (χ3n) is 3.56. The van der Waals surface area contributed by atoms with Gasteiger partial charge in [0.1, 0.15) is 0 Å². The van der Waals surface area contributed by atoms with Gasteiger partial charge in [0.25, 0.3) is 0 Å². The van der Waals surface area contributed by atoms with Crippen molar-refractivity contribution in [2.24, 2.45) is 0 Å². The van der Waals surface area contributed by atoms with Crippen LogP contribution < -0.4 is 9.47 Å². The van der Waals surface area contributed by atoms with Crippen LogP contribution in [0, 0.1) is 0 Å². The first-order valence-corrected chi connectivity index (χ1v) is 7.02. The van der Waals surface area contributed by atoms with E-state index >= 15 is 0 Å². The maximum Gasteiger partial charge on any atom is 0.162 e. The number of methoxy groups -OCH3 is 2. The zero-order chi connectivity index (χ0) is 14.0. The second kappa shape index (κ2) is 5.78. The molecule has 1 saturated heterocycles. The molecule has 0 N–H and O–H groups in total. The topological polar surface area (TPSA) is 27.7 Å². The minimum Gasteiger partial charge on any atom is -0.493 e. The summed E-state index contributed by atoms with van der Waals surface area (Å²) in [6.07, 6.45) is 1.94. The molecule has 3 nitrogen and oxygen atoms in total. The SMILES string of the molecule is COc1cc(Cl)c(C(Cl)C2(C)CCCO2)cc1OC. The zero-order valence-electron chi connectivity index (χ0n) is 11.3. The maximum absolute atomic E-state index is 6.58. The number of benzene rings is 1. The Balaban J connectivity index is 2.38. The summed E-state index contributed by atoms with van der Waals surface area (Å²) in [4.78, 5) is 0. The van der Waals surface area contributed by atoms with Gasteiger partial charge in [0.15, 0.2) is 11.5 Å². The van der Waals surface area contributed by atoms with Gasteiger partial charge in [-0.25, -0.2) is 0 Å². The van der Waals surface area contributed by atoms with Crippen molar-refractivity contribution in [2.45, 2.75) is 30.7 Å². The molecule has 0 aromatic heterocycles. The minimum absolute atomic E-state index is 0.317. The van der Waals surface area contributed by atoms with Gasteiger partial charge in [-0.3, -0.25) is 0 Å². The average Bonchev–Trinajstić information content (AvgIpc) is 2.85. The van der Waals surface area contributed by atoms with E-state index in [1.165, 1.54) is 0 Å². The number of hydrogen-bond acceptors (Lipinski definition) is 3. The van der Waals surface area contributed by atoms with Crippen molar-refractivity contribution in [1.82, 2.24) is 0 Å². The molecule has 0 saturated carbocycles. The minimum atomic E-state index is -0.384. The van der Waals surface area contributed by atoms with E-state index in [4.69, 9.17) is 37.4 Å². The normalized spacial score (nSPS) is 24.3. The molecule has 1 fully saturated rings. The van der Waals surface area contributed by atoms with Crippen LogP contribution in [0.1, 0.15) is 30.7 Å². The van der Waals surface area contributed by atoms with Crippen LogP contribution in [0.4, 0.5) is 0 Å². The standard InChI is InChI=1S/C14H18Cl2O3/c1-14(5-4-6-19-14)13(16)9-7-11(17-2)12(18-3)8-10(9)15/h7-8,13H,4-6H2,1-3H3. The lowest BCUT2D eigenvalue weighted by molar-refractivity contribution is 0.0164. The third kappa shape index (κ3) is 2.78. The first-order chi connectivity index (χ1) is 9.01. The lowest BCUT2D eigenvalue weighted by Gasteiger charge is -2.30. The Morgan fingerprint density at radius 2 is 1.89 bits per heavy atom. The van der Waals surface area contributed by atoms with E-state index in [-0.39, 0.29) is 11.0 Å². The molecule has 0 amide bonds. The predicted octanol–water partition coefficient (Wildman–Crippen LogP) is 4.21. The smallest absolute Gasteiger partial charge is 0.162 e. The van der Waals surface area contributed by atoms with Crippen LogP contribution in [0.5, 0.6) is 11.5 Å². The van der Waals surface area contributed by atoms with Crippen molar-refractivity contribution in [2.75, 3.05) is 20.8 Å². The summed E-state index contributed by atoms with van der Waals surface area (Å²) in [5.41, 5.74) is 0.426. The molecular weight excluding hydrogens is 287 g/mol. The lowest BCUT2D eigenvalue weighted by atomic mass is 9.92. The van der Waals surface area contributed by atoms with E-state index in [1.54, 1.807) is 20.3 Å². The molecule has 2 rings (SSSR count). The fraction of sp³-hybridized carbons (Fsp3) is 0.571. The summed E-state index contributed by atoms with van der Waals surface area (Å²) < 4.78 is 16.3. The number of ether oxygens (including phenoxy) is 3. The predicted molar refractivity (Wildman–Crippen MR) is 76.7 cm³/mol. The molecule has 1 aliphatic heterocycles. The van der Waals surface area contributed by atoms with E-state index in [1.807, 2.05) is 13.0 Å². The molecule has 1 aromatic carbocycles. The Bertz CT molecular complexity index is 456. The zero-order valence-corrected chi connectivity index (χ0v) is 12.8. The van der Waals surface area contributed by atoms with Crippen LogP contribution in [0.2, 0.25) is 5.02 Å². The summed E-state index contributed by atoms with van der Waals surface area (Å²) in [6.45, 7) is 2.76. The quantitative estimate of drug-likeness (QED) is 0.780. The monoisotopic (exact) mass is 304 g/mol. The van der Waals surface area contributed by atoms with E-state index in [0.29, 0.717) is 16.5 Å². The highest BCUT2D eigenvalue weighted by Gasteiger charge is 2.39. The lowest BCUT2D eigenvalue weighted by Crippen LogP contribution is -2.29. The highest BCUT2D eigenvalue weighted by atomic mass is 35.5. The number of rotatable bonds is 4. The van der Waals surface area contributed by atoms with Gasteiger partial charge in [-0.2, -0.15) is 0 Å². The number of halogens is 2. The fourth-order valence-electron chi connectivity index (χ4n) is 2.39. The van der Waals surface area contributed by atoms with Gasteiger partial charge in [0.2, 0.25) is 0 Å². The number of hydrogen-bond donors (Lipinski definition) is 0. The molecule has 0 spiro atoms. The van der Waals surface area contributed by atoms with Gasteiger partial charge in [-0.1, -0.05) is 11.6 Å². The van der Waals surface area contributed by atoms with E-state index in [0.717, 1.165) is 25.0 Å². The molecule has 1 aromatic rings. The highest BCUT2D eigenvalue weighted by molar-refractivity contribution is 6.33. The first-order valence-electron chi connectivity index (χ1n) is 6.21. The van der Waals surface area contributed by atoms with Crippen molar-refractivity contribution in [3.8, 4) is 11.5 Å². The molecule has 2 atom stereocenters. The van der Waals surface area contributed by atoms with Crippen LogP contribution >= 0.6 is 23.2 Å². The summed E-state index contributed by atoms with van der Waals surface area (Å²) in [6, 6.07) is 3.55. The fourth-order valence-corrected chi connectivity index (χ4v) is 3.06. The summed E-state index contributed by atoms with van der Waals surface area (Å²) in [5.74, 6) is 1.21. The average molecular weight is 305 g/mol. The van der Waals surface area contributed by atoms with Gasteiger partial charge in [0.05, 0.1) is 25.2 Å². The molecule has 0 radical (unpaired) electrons. The van der Waals surface area contributed by atoms with Crippen LogP contribution in [0.3, 0.4) is 0 Å². The molecule has 106 valence electrons. The van der Waals surface area contributed by atoms with Crippen LogP contribution in [-0.4, -0.2) is 26.4 Å². The molecule has 0 bridgehead atoms. The summed E-state index contributed by atoms with van der Waals surface area (Å²) in [7, 11) is 3.17. The molecule has 0 aliphatic carbocycles. The molecule has 19 heavy (non-hydrogen) atoms. The van der Waals surface area contributed by atoms with Gasteiger partial charge in [-0.15, -0.1) is 11.6 Å². The highest BCUT2D eigenvalue weighted by Crippen LogP contribution is 2.46. The maximum atomic E-state index is 6.58. The van der Waals surface area contributed by atoms with Crippen LogP contribution in [0.25, 0.3) is 0 Å². The van der Waals surface area contributed by atoms with Crippen LogP contribution in [0.15, 0.2) is 12.1 Å². The number of alkyl halides is 1.